The second-order valence-electron chi connectivity index (χ2n) is 10.5. The quantitative estimate of drug-likeness (QED) is 0.801. The molecule has 1 saturated carbocycles. The second kappa shape index (κ2) is 7.35. The lowest BCUT2D eigenvalue weighted by atomic mass is 9.39. The summed E-state index contributed by atoms with van der Waals surface area (Å²) in [5, 5.41) is 12.1. The van der Waals surface area contributed by atoms with Crippen LogP contribution in [-0.2, 0) is 5.60 Å². The molecule has 2 fully saturated rings. The lowest BCUT2D eigenvalue weighted by Gasteiger charge is -2.72. The van der Waals surface area contributed by atoms with Gasteiger partial charge < -0.3 is 10.0 Å². The van der Waals surface area contributed by atoms with Crippen molar-refractivity contribution in [3.8, 4) is 0 Å². The molecule has 1 aliphatic carbocycles. The Labute approximate surface area is 181 Å². The van der Waals surface area contributed by atoms with E-state index in [4.69, 9.17) is 0 Å². The Morgan fingerprint density at radius 1 is 0.900 bits per heavy atom. The monoisotopic (exact) mass is 407 g/mol. The summed E-state index contributed by atoms with van der Waals surface area (Å²) < 4.78 is 0. The third-order valence-corrected chi connectivity index (χ3v) is 7.88. The molecule has 30 heavy (non-hydrogen) atoms. The van der Waals surface area contributed by atoms with Gasteiger partial charge in [0.15, 0.2) is 0 Å². The second-order valence-corrected chi connectivity index (χ2v) is 10.5. The molecule has 0 unspecified atom stereocenters. The molecule has 4 heteroatoms. The Morgan fingerprint density at radius 3 is 2.00 bits per heavy atom. The van der Waals surface area contributed by atoms with Gasteiger partial charge in [0.1, 0.15) is 11.4 Å². The first kappa shape index (κ1) is 21.3. The molecule has 0 bridgehead atoms. The summed E-state index contributed by atoms with van der Waals surface area (Å²) in [5.41, 5.74) is 1.05. The van der Waals surface area contributed by atoms with E-state index in [1.165, 1.54) is 5.56 Å². The molecule has 1 aromatic carbocycles. The lowest BCUT2D eigenvalue weighted by molar-refractivity contribution is -0.307. The fourth-order valence-electron chi connectivity index (χ4n) is 6.57. The molecule has 4 rings (SSSR count). The van der Waals surface area contributed by atoms with Crippen LogP contribution >= 0.6 is 0 Å². The van der Waals surface area contributed by atoms with E-state index >= 15 is 0 Å². The van der Waals surface area contributed by atoms with Gasteiger partial charge in [-0.25, -0.2) is 4.98 Å². The third-order valence-electron chi connectivity index (χ3n) is 7.88. The summed E-state index contributed by atoms with van der Waals surface area (Å²) in [5.74, 6) is 1.56. The molecule has 4 nitrogen and oxygen atoms in total. The molecule has 1 aliphatic heterocycles. The lowest BCUT2D eigenvalue weighted by Crippen LogP contribution is -2.79. The summed E-state index contributed by atoms with van der Waals surface area (Å²) in [4.78, 5) is 9.47. The van der Waals surface area contributed by atoms with Crippen LogP contribution in [0.3, 0.4) is 0 Å². The number of hydrogen-bond acceptors (Lipinski definition) is 4. The Kier molecular flexibility index (Phi) is 5.22. The highest BCUT2D eigenvalue weighted by molar-refractivity contribution is 5.41. The minimum Gasteiger partial charge on any atom is -0.384 e. The Hall–Kier alpha value is -1.91. The van der Waals surface area contributed by atoms with Crippen LogP contribution in [0.2, 0.25) is 0 Å². The predicted molar refractivity (Wildman–Crippen MR) is 124 cm³/mol. The maximum atomic E-state index is 12.1. The van der Waals surface area contributed by atoms with Crippen molar-refractivity contribution in [2.45, 2.75) is 59.1 Å². The summed E-state index contributed by atoms with van der Waals surface area (Å²) in [6, 6.07) is 15.1. The van der Waals surface area contributed by atoms with Crippen LogP contribution in [0, 0.1) is 10.8 Å². The molecule has 1 saturated heterocycles. The van der Waals surface area contributed by atoms with Crippen molar-refractivity contribution in [1.29, 1.82) is 0 Å². The van der Waals surface area contributed by atoms with Crippen LogP contribution in [-0.4, -0.2) is 47.2 Å². The van der Waals surface area contributed by atoms with Crippen molar-refractivity contribution in [3.63, 3.8) is 0 Å². The Morgan fingerprint density at radius 2 is 1.50 bits per heavy atom. The molecule has 1 N–H and O–H groups in total. The first-order valence-electron chi connectivity index (χ1n) is 11.3. The van der Waals surface area contributed by atoms with Gasteiger partial charge in [-0.1, -0.05) is 71.9 Å². The minimum atomic E-state index is -0.849. The van der Waals surface area contributed by atoms with E-state index in [0.717, 1.165) is 37.6 Å². The largest absolute Gasteiger partial charge is 0.384 e. The predicted octanol–water partition coefficient (Wildman–Crippen LogP) is 4.65. The number of piperazine rings is 1. The van der Waals surface area contributed by atoms with Gasteiger partial charge in [-0.05, 0) is 29.2 Å². The zero-order valence-corrected chi connectivity index (χ0v) is 19.4. The van der Waals surface area contributed by atoms with Crippen LogP contribution in [0.15, 0.2) is 48.7 Å². The highest BCUT2D eigenvalue weighted by Crippen LogP contribution is 2.68. The van der Waals surface area contributed by atoms with Gasteiger partial charge in [-0.2, -0.15) is 0 Å². The van der Waals surface area contributed by atoms with Gasteiger partial charge >= 0.3 is 0 Å². The van der Waals surface area contributed by atoms with Crippen LogP contribution < -0.4 is 4.90 Å². The number of nitrogens with zero attached hydrogens (tertiary/aromatic N) is 3. The SMILES string of the molecule is CC(C)c1ccc(C2(O)C(C)(C)C(N3CCN(c4ccccn4)CC3)C2(C)C)cc1. The van der Waals surface area contributed by atoms with Crippen molar-refractivity contribution < 1.29 is 5.11 Å². The number of anilines is 1. The van der Waals surface area contributed by atoms with Crippen molar-refractivity contribution in [2.24, 2.45) is 10.8 Å². The Bertz CT molecular complexity index is 849. The fourth-order valence-corrected chi connectivity index (χ4v) is 6.57. The van der Waals surface area contributed by atoms with Crippen LogP contribution in [0.25, 0.3) is 0 Å². The third kappa shape index (κ3) is 2.99. The van der Waals surface area contributed by atoms with E-state index in [-0.39, 0.29) is 10.8 Å². The van der Waals surface area contributed by atoms with E-state index in [0.29, 0.717) is 12.0 Å². The number of aliphatic hydroxyl groups is 1. The van der Waals surface area contributed by atoms with Crippen molar-refractivity contribution in [1.82, 2.24) is 9.88 Å². The zero-order valence-electron chi connectivity index (χ0n) is 19.4. The van der Waals surface area contributed by atoms with E-state index in [9.17, 15) is 5.11 Å². The van der Waals surface area contributed by atoms with E-state index in [1.54, 1.807) is 0 Å². The van der Waals surface area contributed by atoms with Crippen molar-refractivity contribution >= 4 is 5.82 Å². The molecular weight excluding hydrogens is 370 g/mol. The summed E-state index contributed by atoms with van der Waals surface area (Å²) in [6.07, 6.45) is 1.87. The average Bonchev–Trinajstić information content (AvgIpc) is 2.73. The number of aromatic nitrogens is 1. The van der Waals surface area contributed by atoms with Gasteiger partial charge in [-0.15, -0.1) is 0 Å². The van der Waals surface area contributed by atoms with Gasteiger partial charge in [0.05, 0.1) is 0 Å². The van der Waals surface area contributed by atoms with E-state index < -0.39 is 5.60 Å². The molecule has 2 aliphatic rings. The molecule has 0 radical (unpaired) electrons. The van der Waals surface area contributed by atoms with Crippen LogP contribution in [0.5, 0.6) is 0 Å². The first-order valence-corrected chi connectivity index (χ1v) is 11.3. The molecule has 2 heterocycles. The van der Waals surface area contributed by atoms with Crippen LogP contribution in [0.4, 0.5) is 5.82 Å². The van der Waals surface area contributed by atoms with E-state index in [1.807, 2.05) is 12.3 Å². The summed E-state index contributed by atoms with van der Waals surface area (Å²) in [7, 11) is 0. The average molecular weight is 408 g/mol. The van der Waals surface area contributed by atoms with Crippen molar-refractivity contribution in [2.75, 3.05) is 31.1 Å². The highest BCUT2D eigenvalue weighted by Gasteiger charge is 2.73. The molecule has 1 aromatic heterocycles. The van der Waals surface area contributed by atoms with Crippen LogP contribution in [0.1, 0.15) is 58.6 Å². The van der Waals surface area contributed by atoms with Gasteiger partial charge in [0.2, 0.25) is 0 Å². The van der Waals surface area contributed by atoms with Gasteiger partial charge in [0.25, 0.3) is 0 Å². The normalized spacial score (nSPS) is 28.4. The summed E-state index contributed by atoms with van der Waals surface area (Å²) >= 11 is 0. The number of benzene rings is 1. The number of pyridine rings is 1. The maximum Gasteiger partial charge on any atom is 0.128 e. The van der Waals surface area contributed by atoms with Crippen molar-refractivity contribution in [3.05, 3.63) is 59.8 Å². The molecule has 162 valence electrons. The smallest absolute Gasteiger partial charge is 0.128 e. The molecule has 0 amide bonds. The fraction of sp³-hybridized carbons (Fsp3) is 0.577. The summed E-state index contributed by atoms with van der Waals surface area (Å²) in [6.45, 7) is 17.3. The standard InChI is InChI=1S/C26H37N3O/c1-19(2)20-10-12-21(13-11-20)26(30)24(3,4)23(25(26,5)6)29-17-15-28(16-18-29)22-9-7-8-14-27-22/h7-14,19,23,30H,15-18H2,1-6H3. The van der Waals surface area contributed by atoms with Gasteiger partial charge in [-0.3, -0.25) is 4.90 Å². The highest BCUT2D eigenvalue weighted by atomic mass is 16.3. The first-order chi connectivity index (χ1) is 14.1. The molecule has 0 atom stereocenters. The zero-order chi connectivity index (χ0) is 21.7. The number of hydrogen-bond donors (Lipinski definition) is 1. The van der Waals surface area contributed by atoms with E-state index in [2.05, 4.69) is 92.7 Å². The molecular formula is C26H37N3O. The number of rotatable bonds is 4. The minimum absolute atomic E-state index is 0.233. The maximum absolute atomic E-state index is 12.1. The molecule has 2 aromatic rings. The topological polar surface area (TPSA) is 39.6 Å². The Balaban J connectivity index is 1.54. The van der Waals surface area contributed by atoms with Gasteiger partial charge in [0, 0.05) is 49.2 Å². The molecule has 0 spiro atoms.